The lowest BCUT2D eigenvalue weighted by Gasteiger charge is -2.10. The van der Waals surface area contributed by atoms with Gasteiger partial charge in [-0.05, 0) is 36.4 Å². The molecule has 2 aromatic carbocycles. The normalized spacial score (nSPS) is 10.0. The number of amides is 1. The Morgan fingerprint density at radius 3 is 2.38 bits per heavy atom. The van der Waals surface area contributed by atoms with E-state index in [1.807, 2.05) is 30.3 Å². The number of hydrazine groups is 1. The van der Waals surface area contributed by atoms with E-state index >= 15 is 0 Å². The number of nitrogens with one attached hydrogen (secondary N) is 2. The summed E-state index contributed by atoms with van der Waals surface area (Å²) in [6.07, 6.45) is 0.685. The number of rotatable bonds is 10. The van der Waals surface area contributed by atoms with Crippen LogP contribution in [0.25, 0.3) is 0 Å². The summed E-state index contributed by atoms with van der Waals surface area (Å²) in [5, 5.41) is 0. The second-order valence-electron chi connectivity index (χ2n) is 5.31. The van der Waals surface area contributed by atoms with Crippen LogP contribution in [-0.2, 0) is 14.3 Å². The van der Waals surface area contributed by atoms with Crippen molar-refractivity contribution >= 4 is 17.6 Å². The summed E-state index contributed by atoms with van der Waals surface area (Å²) in [4.78, 5) is 23.0. The quantitative estimate of drug-likeness (QED) is 0.385. The van der Waals surface area contributed by atoms with E-state index < -0.39 is 5.97 Å². The lowest BCUT2D eigenvalue weighted by atomic mass is 10.2. The number of ether oxygens (including phenoxy) is 3. The van der Waals surface area contributed by atoms with Gasteiger partial charge in [0.2, 0.25) is 0 Å². The van der Waals surface area contributed by atoms with Gasteiger partial charge < -0.3 is 14.2 Å². The number of hydrogen-bond donors (Lipinski definition) is 2. The molecule has 0 saturated heterocycles. The van der Waals surface area contributed by atoms with E-state index in [1.165, 1.54) is 7.11 Å². The Kier molecular flexibility index (Phi) is 7.95. The third-order valence-electron chi connectivity index (χ3n) is 3.33. The Morgan fingerprint density at radius 2 is 1.69 bits per heavy atom. The molecular formula is C19H22N2O5. The molecule has 0 saturated carbocycles. The highest BCUT2D eigenvalue weighted by atomic mass is 16.5. The monoisotopic (exact) mass is 358 g/mol. The Hall–Kier alpha value is -3.06. The van der Waals surface area contributed by atoms with E-state index in [0.29, 0.717) is 30.9 Å². The number of para-hydroxylation sites is 1. The predicted octanol–water partition coefficient (Wildman–Crippen LogP) is 2.40. The fourth-order valence-corrected chi connectivity index (χ4v) is 2.02. The van der Waals surface area contributed by atoms with Gasteiger partial charge in [0, 0.05) is 6.42 Å². The van der Waals surface area contributed by atoms with Crippen molar-refractivity contribution in [2.45, 2.75) is 6.42 Å². The number of carbonyl (C=O) groups is 2. The molecule has 0 atom stereocenters. The molecule has 26 heavy (non-hydrogen) atoms. The molecule has 0 bridgehead atoms. The maximum absolute atomic E-state index is 11.7. The summed E-state index contributed by atoms with van der Waals surface area (Å²) in [5.74, 6) is 0.101. The van der Waals surface area contributed by atoms with Crippen molar-refractivity contribution in [2.24, 2.45) is 0 Å². The molecule has 0 unspecified atom stereocenters. The van der Waals surface area contributed by atoms with Crippen molar-refractivity contribution in [3.05, 3.63) is 60.2 Å². The largest absolute Gasteiger partial charge is 0.494 e. The summed E-state index contributed by atoms with van der Waals surface area (Å²) in [6, 6.07) is 16.0. The van der Waals surface area contributed by atoms with Crippen LogP contribution in [0.15, 0.2) is 54.6 Å². The van der Waals surface area contributed by atoms with Gasteiger partial charge in [0.05, 0.1) is 31.6 Å². The van der Waals surface area contributed by atoms with Crippen molar-refractivity contribution in [3.63, 3.8) is 0 Å². The van der Waals surface area contributed by atoms with Crippen molar-refractivity contribution in [1.82, 2.24) is 5.43 Å². The lowest BCUT2D eigenvalue weighted by molar-refractivity contribution is -0.125. The molecule has 7 nitrogen and oxygen atoms in total. The van der Waals surface area contributed by atoms with E-state index in [-0.39, 0.29) is 12.5 Å². The van der Waals surface area contributed by atoms with Crippen LogP contribution in [0.3, 0.4) is 0 Å². The summed E-state index contributed by atoms with van der Waals surface area (Å²) in [5.41, 5.74) is 6.34. The zero-order chi connectivity index (χ0) is 18.6. The highest BCUT2D eigenvalue weighted by Gasteiger charge is 2.05. The first-order chi connectivity index (χ1) is 12.7. The zero-order valence-electron chi connectivity index (χ0n) is 14.6. The van der Waals surface area contributed by atoms with Gasteiger partial charge in [-0.3, -0.25) is 15.6 Å². The van der Waals surface area contributed by atoms with E-state index in [1.54, 1.807) is 24.3 Å². The molecule has 0 fully saturated rings. The number of anilines is 1. The van der Waals surface area contributed by atoms with Crippen LogP contribution in [-0.4, -0.2) is 38.8 Å². The van der Waals surface area contributed by atoms with Crippen LogP contribution in [0.1, 0.15) is 16.8 Å². The average Bonchev–Trinajstić information content (AvgIpc) is 2.69. The molecule has 138 valence electrons. The maximum atomic E-state index is 11.7. The first-order valence-electron chi connectivity index (χ1n) is 8.18. The van der Waals surface area contributed by atoms with Gasteiger partial charge in [0.1, 0.15) is 12.4 Å². The Balaban J connectivity index is 1.55. The SMILES string of the molecule is COC(=O)c1ccc(NNC(=O)COCCCOc2ccccc2)cc1. The molecule has 0 radical (unpaired) electrons. The van der Waals surface area contributed by atoms with Gasteiger partial charge in [-0.25, -0.2) is 4.79 Å². The third-order valence-corrected chi connectivity index (χ3v) is 3.33. The Labute approximate surface area is 152 Å². The topological polar surface area (TPSA) is 85.9 Å². The number of hydrogen-bond acceptors (Lipinski definition) is 6. The molecule has 0 aliphatic heterocycles. The van der Waals surface area contributed by atoms with Crippen LogP contribution in [0, 0.1) is 0 Å². The van der Waals surface area contributed by atoms with E-state index in [0.717, 1.165) is 5.75 Å². The van der Waals surface area contributed by atoms with Gasteiger partial charge in [-0.1, -0.05) is 18.2 Å². The molecule has 0 aliphatic rings. The molecule has 0 spiro atoms. The number of esters is 1. The minimum absolute atomic E-state index is 0.0570. The van der Waals surface area contributed by atoms with Crippen LogP contribution < -0.4 is 15.6 Å². The van der Waals surface area contributed by atoms with E-state index in [9.17, 15) is 9.59 Å². The third kappa shape index (κ3) is 6.82. The number of methoxy groups -OCH3 is 1. The summed E-state index contributed by atoms with van der Waals surface area (Å²) in [6.45, 7) is 0.892. The highest BCUT2D eigenvalue weighted by Crippen LogP contribution is 2.09. The molecule has 0 aromatic heterocycles. The predicted molar refractivity (Wildman–Crippen MR) is 96.9 cm³/mol. The molecular weight excluding hydrogens is 336 g/mol. The maximum Gasteiger partial charge on any atom is 0.337 e. The molecule has 2 N–H and O–H groups in total. The highest BCUT2D eigenvalue weighted by molar-refractivity contribution is 5.89. The number of benzene rings is 2. The lowest BCUT2D eigenvalue weighted by Crippen LogP contribution is -2.32. The smallest absolute Gasteiger partial charge is 0.337 e. The van der Waals surface area contributed by atoms with Crippen molar-refractivity contribution < 1.29 is 23.8 Å². The van der Waals surface area contributed by atoms with Crippen LogP contribution in [0.2, 0.25) is 0 Å². The molecule has 2 rings (SSSR count). The first-order valence-corrected chi connectivity index (χ1v) is 8.18. The van der Waals surface area contributed by atoms with E-state index in [2.05, 4.69) is 15.6 Å². The zero-order valence-corrected chi connectivity index (χ0v) is 14.6. The van der Waals surface area contributed by atoms with Crippen LogP contribution in [0.4, 0.5) is 5.69 Å². The molecule has 0 aliphatic carbocycles. The molecule has 2 aromatic rings. The van der Waals surface area contributed by atoms with Gasteiger partial charge in [-0.15, -0.1) is 0 Å². The Morgan fingerprint density at radius 1 is 0.962 bits per heavy atom. The van der Waals surface area contributed by atoms with Crippen molar-refractivity contribution in [2.75, 3.05) is 32.4 Å². The molecule has 1 amide bonds. The average molecular weight is 358 g/mol. The second-order valence-corrected chi connectivity index (χ2v) is 5.31. The van der Waals surface area contributed by atoms with Gasteiger partial charge in [-0.2, -0.15) is 0 Å². The van der Waals surface area contributed by atoms with Gasteiger partial charge in [0.25, 0.3) is 5.91 Å². The fourth-order valence-electron chi connectivity index (χ4n) is 2.02. The first kappa shape index (κ1) is 19.3. The van der Waals surface area contributed by atoms with Gasteiger partial charge in [0.15, 0.2) is 0 Å². The number of carbonyl (C=O) groups excluding carboxylic acids is 2. The van der Waals surface area contributed by atoms with Crippen molar-refractivity contribution in [1.29, 1.82) is 0 Å². The fraction of sp³-hybridized carbons (Fsp3) is 0.263. The van der Waals surface area contributed by atoms with Crippen LogP contribution >= 0.6 is 0 Å². The summed E-state index contributed by atoms with van der Waals surface area (Å²) < 4.78 is 15.4. The van der Waals surface area contributed by atoms with Crippen LogP contribution in [0.5, 0.6) is 5.75 Å². The molecule has 0 heterocycles. The summed E-state index contributed by atoms with van der Waals surface area (Å²) >= 11 is 0. The molecule has 7 heteroatoms. The minimum Gasteiger partial charge on any atom is -0.494 e. The van der Waals surface area contributed by atoms with E-state index in [4.69, 9.17) is 9.47 Å². The standard InChI is InChI=1S/C19H22N2O5/c1-24-19(23)15-8-10-16(11-9-15)20-21-18(22)14-25-12-5-13-26-17-6-3-2-4-7-17/h2-4,6-11,20H,5,12-14H2,1H3,(H,21,22). The van der Waals surface area contributed by atoms with Gasteiger partial charge >= 0.3 is 5.97 Å². The minimum atomic E-state index is -0.412. The van der Waals surface area contributed by atoms with Crippen molar-refractivity contribution in [3.8, 4) is 5.75 Å². The summed E-state index contributed by atoms with van der Waals surface area (Å²) in [7, 11) is 1.32. The second kappa shape index (κ2) is 10.7. The Bertz CT molecular complexity index is 689.